The molecule has 6 heteroatoms. The maximum absolute atomic E-state index is 14.1. The van der Waals surface area contributed by atoms with Gasteiger partial charge in [0.05, 0.1) is 18.8 Å². The van der Waals surface area contributed by atoms with Gasteiger partial charge in [-0.15, -0.1) is 0 Å². The molecule has 1 aromatic carbocycles. The summed E-state index contributed by atoms with van der Waals surface area (Å²) in [6, 6.07) is 6.83. The van der Waals surface area contributed by atoms with Gasteiger partial charge >= 0.3 is 0 Å². The molecule has 0 radical (unpaired) electrons. The second-order valence-electron chi connectivity index (χ2n) is 9.96. The third kappa shape index (κ3) is 2.50. The van der Waals surface area contributed by atoms with Crippen LogP contribution in [0.4, 0.5) is 0 Å². The van der Waals surface area contributed by atoms with Crippen molar-refractivity contribution in [3.63, 3.8) is 0 Å². The van der Waals surface area contributed by atoms with Crippen LogP contribution in [0.2, 0.25) is 0 Å². The van der Waals surface area contributed by atoms with Gasteiger partial charge in [-0.2, -0.15) is 0 Å². The van der Waals surface area contributed by atoms with E-state index >= 15 is 0 Å². The van der Waals surface area contributed by atoms with Gasteiger partial charge in [-0.25, -0.2) is 4.99 Å². The lowest BCUT2D eigenvalue weighted by atomic mass is 9.61. The number of carbonyl (C=O) groups excluding carboxylic acids is 1. The lowest BCUT2D eigenvalue weighted by Gasteiger charge is -2.45. The average molecular weight is 410 g/mol. The standard InChI is InChI=1S/C24H31N3O3/c1-29-18-6-9-23(10-7-18)13-17-5-4-16(15-2-3-15)12-20(17)24(23)21(28)27(22(25)26-24)14-19-8-11-30-19/h4-5,12,15,18-19H,2-3,6-11,13-14H2,1H3,(H2,25,26)/t18?,19?,23?,24-/m0/s1. The minimum Gasteiger partial charge on any atom is -0.381 e. The van der Waals surface area contributed by atoms with Crippen molar-refractivity contribution >= 4 is 11.9 Å². The zero-order valence-corrected chi connectivity index (χ0v) is 17.7. The van der Waals surface area contributed by atoms with E-state index in [1.807, 2.05) is 0 Å². The Morgan fingerprint density at radius 3 is 2.63 bits per heavy atom. The molecular weight excluding hydrogens is 378 g/mol. The fourth-order valence-corrected chi connectivity index (χ4v) is 6.36. The highest BCUT2D eigenvalue weighted by Gasteiger charge is 2.66. The van der Waals surface area contributed by atoms with Crippen molar-refractivity contribution in [3.05, 3.63) is 34.9 Å². The Bertz CT molecular complexity index is 912. The molecule has 2 spiro atoms. The highest BCUT2D eigenvalue weighted by molar-refractivity contribution is 6.08. The van der Waals surface area contributed by atoms with Crippen molar-refractivity contribution in [2.45, 2.75) is 75.0 Å². The second-order valence-corrected chi connectivity index (χ2v) is 9.96. The first-order chi connectivity index (χ1) is 14.6. The Hall–Kier alpha value is -1.92. The minimum absolute atomic E-state index is 0.0677. The van der Waals surface area contributed by atoms with E-state index in [4.69, 9.17) is 20.2 Å². The summed E-state index contributed by atoms with van der Waals surface area (Å²) in [6.45, 7) is 1.29. The maximum atomic E-state index is 14.1. The van der Waals surface area contributed by atoms with Crippen LogP contribution >= 0.6 is 0 Å². The predicted molar refractivity (Wildman–Crippen MR) is 113 cm³/mol. The Labute approximate surface area is 177 Å². The van der Waals surface area contributed by atoms with Crippen molar-refractivity contribution < 1.29 is 14.3 Å². The normalized spacial score (nSPS) is 37.6. The van der Waals surface area contributed by atoms with Crippen molar-refractivity contribution in [1.29, 1.82) is 0 Å². The molecule has 0 bridgehead atoms. The van der Waals surface area contributed by atoms with Crippen molar-refractivity contribution in [2.75, 3.05) is 20.3 Å². The first-order valence-corrected chi connectivity index (χ1v) is 11.5. The minimum atomic E-state index is -0.875. The van der Waals surface area contributed by atoms with E-state index in [9.17, 15) is 4.79 Å². The number of amides is 1. The number of carbonyl (C=O) groups is 1. The fourth-order valence-electron chi connectivity index (χ4n) is 6.36. The zero-order chi connectivity index (χ0) is 20.5. The molecule has 1 unspecified atom stereocenters. The van der Waals surface area contributed by atoms with E-state index in [-0.39, 0.29) is 23.5 Å². The molecule has 5 aliphatic rings. The second kappa shape index (κ2) is 6.54. The molecule has 0 aromatic heterocycles. The van der Waals surface area contributed by atoms with Gasteiger partial charge in [-0.1, -0.05) is 18.2 Å². The quantitative estimate of drug-likeness (QED) is 0.830. The van der Waals surface area contributed by atoms with Gasteiger partial charge in [0.2, 0.25) is 0 Å². The molecule has 2 saturated carbocycles. The van der Waals surface area contributed by atoms with Gasteiger partial charge in [0.25, 0.3) is 5.91 Å². The summed E-state index contributed by atoms with van der Waals surface area (Å²) in [4.78, 5) is 20.9. The fraction of sp³-hybridized carbons (Fsp3) is 0.667. The highest BCUT2D eigenvalue weighted by Crippen LogP contribution is 2.62. The summed E-state index contributed by atoms with van der Waals surface area (Å²) < 4.78 is 11.3. The average Bonchev–Trinajstić information content (AvgIpc) is 3.49. The number of rotatable bonds is 4. The molecule has 1 amide bonds. The molecule has 2 aliphatic heterocycles. The van der Waals surface area contributed by atoms with Crippen LogP contribution in [0.1, 0.15) is 67.6 Å². The number of hydrogen-bond acceptors (Lipinski definition) is 5. The van der Waals surface area contributed by atoms with E-state index in [0.717, 1.165) is 50.7 Å². The molecule has 3 fully saturated rings. The predicted octanol–water partition coefficient (Wildman–Crippen LogP) is 2.84. The molecule has 160 valence electrons. The number of nitrogens with zero attached hydrogens (tertiary/aromatic N) is 2. The van der Waals surface area contributed by atoms with E-state index < -0.39 is 5.54 Å². The number of ether oxygens (including phenoxy) is 2. The summed E-state index contributed by atoms with van der Waals surface area (Å²) >= 11 is 0. The molecule has 2 N–H and O–H groups in total. The molecular formula is C24H31N3O3. The number of guanidine groups is 1. The van der Waals surface area contributed by atoms with Crippen LogP contribution < -0.4 is 5.73 Å². The van der Waals surface area contributed by atoms with E-state index in [1.165, 1.54) is 24.0 Å². The number of hydrogen-bond donors (Lipinski definition) is 1. The van der Waals surface area contributed by atoms with Crippen LogP contribution in [0.5, 0.6) is 0 Å². The van der Waals surface area contributed by atoms with Crippen LogP contribution in [0.25, 0.3) is 0 Å². The smallest absolute Gasteiger partial charge is 0.262 e. The third-order valence-corrected chi connectivity index (χ3v) is 8.38. The summed E-state index contributed by atoms with van der Waals surface area (Å²) in [5.41, 5.74) is 9.11. The largest absolute Gasteiger partial charge is 0.381 e. The number of fused-ring (bicyclic) bond motifs is 3. The van der Waals surface area contributed by atoms with Crippen LogP contribution in [0.15, 0.2) is 23.2 Å². The van der Waals surface area contributed by atoms with Crippen molar-refractivity contribution in [2.24, 2.45) is 16.1 Å². The lowest BCUT2D eigenvalue weighted by Crippen LogP contribution is -2.54. The molecule has 6 nitrogen and oxygen atoms in total. The van der Waals surface area contributed by atoms with Gasteiger partial charge < -0.3 is 15.2 Å². The molecule has 2 heterocycles. The third-order valence-electron chi connectivity index (χ3n) is 8.38. The maximum Gasteiger partial charge on any atom is 0.262 e. The lowest BCUT2D eigenvalue weighted by molar-refractivity contribution is -0.141. The first-order valence-electron chi connectivity index (χ1n) is 11.5. The van der Waals surface area contributed by atoms with Gasteiger partial charge in [0.1, 0.15) is 0 Å². The Kier molecular flexibility index (Phi) is 4.10. The van der Waals surface area contributed by atoms with Gasteiger partial charge in [-0.05, 0) is 74.0 Å². The van der Waals surface area contributed by atoms with Crippen molar-refractivity contribution in [3.8, 4) is 0 Å². The Morgan fingerprint density at radius 1 is 1.23 bits per heavy atom. The molecule has 6 rings (SSSR count). The molecule has 1 aromatic rings. The summed E-state index contributed by atoms with van der Waals surface area (Å²) in [7, 11) is 1.79. The Balaban J connectivity index is 1.45. The van der Waals surface area contributed by atoms with E-state index in [2.05, 4.69) is 18.2 Å². The van der Waals surface area contributed by atoms with Crippen LogP contribution in [0, 0.1) is 5.41 Å². The highest BCUT2D eigenvalue weighted by atomic mass is 16.5. The first kappa shape index (κ1) is 18.8. The van der Waals surface area contributed by atoms with E-state index in [1.54, 1.807) is 12.0 Å². The molecule has 30 heavy (non-hydrogen) atoms. The summed E-state index contributed by atoms with van der Waals surface area (Å²) in [5.74, 6) is 1.08. The number of benzene rings is 1. The van der Waals surface area contributed by atoms with E-state index in [0.29, 0.717) is 18.4 Å². The monoisotopic (exact) mass is 409 g/mol. The number of nitrogens with two attached hydrogens (primary N) is 1. The molecule has 1 saturated heterocycles. The number of aliphatic imine (C=N–C) groups is 1. The van der Waals surface area contributed by atoms with Crippen LogP contribution in [-0.2, 0) is 26.2 Å². The molecule has 3 aliphatic carbocycles. The van der Waals surface area contributed by atoms with Crippen molar-refractivity contribution in [1.82, 2.24) is 4.90 Å². The molecule has 2 atom stereocenters. The summed E-state index contributed by atoms with van der Waals surface area (Å²) in [5, 5.41) is 0. The topological polar surface area (TPSA) is 77.2 Å². The van der Waals surface area contributed by atoms with Crippen LogP contribution in [-0.4, -0.2) is 49.2 Å². The van der Waals surface area contributed by atoms with Crippen LogP contribution in [0.3, 0.4) is 0 Å². The SMILES string of the molecule is COC1CCC2(CC1)Cc1ccc(C3CC3)cc1[C@@]21N=C(N)N(CC2CCO2)C1=O. The zero-order valence-electron chi connectivity index (χ0n) is 17.7. The number of methoxy groups -OCH3 is 1. The van der Waals surface area contributed by atoms with Gasteiger partial charge in [0, 0.05) is 19.1 Å². The Morgan fingerprint density at radius 2 is 2.00 bits per heavy atom. The van der Waals surface area contributed by atoms with Gasteiger partial charge in [0.15, 0.2) is 11.5 Å². The summed E-state index contributed by atoms with van der Waals surface area (Å²) in [6.07, 6.45) is 8.55. The van der Waals surface area contributed by atoms with Gasteiger partial charge in [-0.3, -0.25) is 9.69 Å².